The van der Waals surface area contributed by atoms with Crippen LogP contribution in [0.15, 0.2) is 53.5 Å². The largest absolute Gasteiger partial charge is 0.506 e. The Morgan fingerprint density at radius 3 is 2.41 bits per heavy atom. The van der Waals surface area contributed by atoms with Gasteiger partial charge in [0.2, 0.25) is 0 Å². The van der Waals surface area contributed by atoms with Gasteiger partial charge in [0.15, 0.2) is 5.96 Å². The average Bonchev–Trinajstić information content (AvgIpc) is 2.81. The Balaban J connectivity index is 0.00000289. The summed E-state index contributed by atoms with van der Waals surface area (Å²) >= 11 is 0. The number of aliphatic imine (C=N–C) groups is 1. The normalized spacial score (nSPS) is 17.7. The first-order valence-corrected chi connectivity index (χ1v) is 11.1. The Bertz CT molecular complexity index is 880. The van der Waals surface area contributed by atoms with Crippen molar-refractivity contribution in [1.82, 2.24) is 15.1 Å². The van der Waals surface area contributed by atoms with Gasteiger partial charge in [0.05, 0.1) is 18.9 Å². The van der Waals surface area contributed by atoms with Crippen LogP contribution < -0.4 is 10.2 Å². The molecule has 2 N–H and O–H groups in total. The lowest BCUT2D eigenvalue weighted by atomic mass is 10.1. The van der Waals surface area contributed by atoms with Crippen LogP contribution in [0.1, 0.15) is 11.1 Å². The number of hydrogen-bond donors (Lipinski definition) is 2. The maximum absolute atomic E-state index is 10.1. The molecule has 0 spiro atoms. The summed E-state index contributed by atoms with van der Waals surface area (Å²) in [5, 5.41) is 13.6. The Hall–Kier alpha value is -2.04. The smallest absolute Gasteiger partial charge is 0.194 e. The number of nitrogens with one attached hydrogen (secondary N) is 1. The van der Waals surface area contributed by atoms with E-state index in [-0.39, 0.29) is 24.0 Å². The van der Waals surface area contributed by atoms with E-state index in [9.17, 15) is 5.11 Å². The number of phenols is 1. The molecule has 0 amide bonds. The number of aromatic hydroxyl groups is 1. The molecule has 174 valence electrons. The zero-order valence-electron chi connectivity index (χ0n) is 18.7. The molecule has 2 aromatic rings. The van der Waals surface area contributed by atoms with Crippen molar-refractivity contribution >= 4 is 35.6 Å². The van der Waals surface area contributed by atoms with Gasteiger partial charge in [-0.25, -0.2) is 0 Å². The van der Waals surface area contributed by atoms with E-state index < -0.39 is 0 Å². The van der Waals surface area contributed by atoms with Gasteiger partial charge in [-0.2, -0.15) is 0 Å². The van der Waals surface area contributed by atoms with Gasteiger partial charge in [0, 0.05) is 59.4 Å². The molecule has 2 saturated heterocycles. The molecule has 2 aliphatic heterocycles. The quantitative estimate of drug-likeness (QED) is 0.339. The second-order valence-electron chi connectivity index (χ2n) is 8.07. The monoisotopic (exact) mass is 551 g/mol. The molecule has 7 nitrogen and oxygen atoms in total. The van der Waals surface area contributed by atoms with Crippen molar-refractivity contribution in [2.75, 3.05) is 64.4 Å². The summed E-state index contributed by atoms with van der Waals surface area (Å²) in [6.07, 6.45) is 0. The van der Waals surface area contributed by atoms with Crippen LogP contribution in [0.5, 0.6) is 5.75 Å². The van der Waals surface area contributed by atoms with E-state index in [1.54, 1.807) is 6.07 Å². The molecule has 0 atom stereocenters. The predicted molar refractivity (Wildman–Crippen MR) is 140 cm³/mol. The van der Waals surface area contributed by atoms with E-state index in [1.807, 2.05) is 25.2 Å². The number of phenolic OH excluding ortho intramolecular Hbond substituents is 1. The summed E-state index contributed by atoms with van der Waals surface area (Å²) in [6.45, 7) is 8.83. The number of benzene rings is 2. The van der Waals surface area contributed by atoms with Gasteiger partial charge in [0.1, 0.15) is 5.75 Å². The Morgan fingerprint density at radius 1 is 0.969 bits per heavy atom. The van der Waals surface area contributed by atoms with Gasteiger partial charge in [-0.1, -0.05) is 36.4 Å². The lowest BCUT2D eigenvalue weighted by molar-refractivity contribution is 0.0342. The van der Waals surface area contributed by atoms with Gasteiger partial charge in [0.25, 0.3) is 0 Å². The second-order valence-corrected chi connectivity index (χ2v) is 8.07. The number of halogens is 1. The summed E-state index contributed by atoms with van der Waals surface area (Å²) in [6, 6.07) is 16.3. The van der Waals surface area contributed by atoms with Crippen LogP contribution in [0.25, 0.3) is 0 Å². The fraction of sp³-hybridized carbons (Fsp3) is 0.458. The lowest BCUT2D eigenvalue weighted by Crippen LogP contribution is -2.52. The zero-order valence-corrected chi connectivity index (χ0v) is 21.1. The molecule has 0 radical (unpaired) electrons. The van der Waals surface area contributed by atoms with Crippen LogP contribution in [0.4, 0.5) is 5.69 Å². The minimum absolute atomic E-state index is 0. The van der Waals surface area contributed by atoms with E-state index in [0.29, 0.717) is 5.75 Å². The highest BCUT2D eigenvalue weighted by molar-refractivity contribution is 14.0. The highest BCUT2D eigenvalue weighted by Gasteiger charge is 2.21. The number of hydrogen-bond acceptors (Lipinski definition) is 5. The third-order valence-electron chi connectivity index (χ3n) is 5.97. The molecule has 8 heteroatoms. The first-order chi connectivity index (χ1) is 15.2. The number of ether oxygens (including phenoxy) is 1. The predicted octanol–water partition coefficient (Wildman–Crippen LogP) is 2.74. The third-order valence-corrected chi connectivity index (χ3v) is 5.97. The molecule has 0 unspecified atom stereocenters. The minimum atomic E-state index is 0. The summed E-state index contributed by atoms with van der Waals surface area (Å²) in [7, 11) is 1.84. The Kier molecular flexibility index (Phi) is 9.43. The van der Waals surface area contributed by atoms with E-state index in [1.165, 1.54) is 11.1 Å². The van der Waals surface area contributed by atoms with E-state index in [4.69, 9.17) is 4.74 Å². The number of anilines is 1. The maximum Gasteiger partial charge on any atom is 0.194 e. The van der Waals surface area contributed by atoms with Crippen LogP contribution in [-0.2, 0) is 17.8 Å². The maximum atomic E-state index is 10.1. The number of nitrogens with zero attached hydrogens (tertiary/aromatic N) is 4. The van der Waals surface area contributed by atoms with Gasteiger partial charge in [-0.3, -0.25) is 9.89 Å². The second kappa shape index (κ2) is 12.3. The van der Waals surface area contributed by atoms with Crippen molar-refractivity contribution in [1.29, 1.82) is 0 Å². The minimum Gasteiger partial charge on any atom is -0.506 e. The number of rotatable bonds is 5. The fourth-order valence-corrected chi connectivity index (χ4v) is 4.26. The van der Waals surface area contributed by atoms with Crippen LogP contribution in [0.2, 0.25) is 0 Å². The number of guanidine groups is 1. The molecule has 2 heterocycles. The van der Waals surface area contributed by atoms with Crippen LogP contribution >= 0.6 is 24.0 Å². The zero-order chi connectivity index (χ0) is 21.5. The molecule has 0 aliphatic carbocycles. The van der Waals surface area contributed by atoms with Crippen LogP contribution in [-0.4, -0.2) is 80.4 Å². The van der Waals surface area contributed by atoms with Crippen molar-refractivity contribution in [2.45, 2.75) is 13.1 Å². The van der Waals surface area contributed by atoms with Gasteiger partial charge >= 0.3 is 0 Å². The standard InChI is InChI=1S/C24H33N5O2.HI/c1-25-24(29-11-9-28(10-12-29)22-7-2-3-8-23(22)30)26-18-20-5-4-6-21(17-20)19-27-13-15-31-16-14-27;/h2-8,17,30H,9-16,18-19H2,1H3,(H,25,26);1H. The van der Waals surface area contributed by atoms with Crippen LogP contribution in [0.3, 0.4) is 0 Å². The Morgan fingerprint density at radius 2 is 1.69 bits per heavy atom. The van der Waals surface area contributed by atoms with Crippen molar-refractivity contribution in [3.05, 3.63) is 59.7 Å². The van der Waals surface area contributed by atoms with Crippen molar-refractivity contribution in [2.24, 2.45) is 4.99 Å². The molecular weight excluding hydrogens is 517 g/mol. The van der Waals surface area contributed by atoms with Crippen molar-refractivity contribution < 1.29 is 9.84 Å². The highest BCUT2D eigenvalue weighted by Crippen LogP contribution is 2.27. The topological polar surface area (TPSA) is 63.6 Å². The Labute approximate surface area is 208 Å². The van der Waals surface area contributed by atoms with E-state index in [0.717, 1.165) is 77.2 Å². The third kappa shape index (κ3) is 6.49. The van der Waals surface area contributed by atoms with Gasteiger partial charge < -0.3 is 25.0 Å². The number of para-hydroxylation sites is 2. The number of piperazine rings is 1. The summed E-state index contributed by atoms with van der Waals surface area (Å²) in [4.78, 5) is 11.5. The SMILES string of the molecule is CN=C(NCc1cccc(CN2CCOCC2)c1)N1CCN(c2ccccc2O)CC1.I. The molecule has 2 aliphatic rings. The van der Waals surface area contributed by atoms with Gasteiger partial charge in [-0.15, -0.1) is 24.0 Å². The molecule has 2 aromatic carbocycles. The highest BCUT2D eigenvalue weighted by atomic mass is 127. The lowest BCUT2D eigenvalue weighted by Gasteiger charge is -2.37. The first-order valence-electron chi connectivity index (χ1n) is 11.1. The average molecular weight is 551 g/mol. The summed E-state index contributed by atoms with van der Waals surface area (Å²) in [5.74, 6) is 1.27. The molecule has 4 rings (SSSR count). The molecular formula is C24H34IN5O2. The van der Waals surface area contributed by atoms with Crippen molar-refractivity contribution in [3.8, 4) is 5.75 Å². The molecule has 0 bridgehead atoms. The first kappa shape index (κ1) is 24.6. The molecule has 2 fully saturated rings. The summed E-state index contributed by atoms with van der Waals surface area (Å²) in [5.41, 5.74) is 3.51. The fourth-order valence-electron chi connectivity index (χ4n) is 4.26. The molecule has 0 saturated carbocycles. The van der Waals surface area contributed by atoms with Crippen molar-refractivity contribution in [3.63, 3.8) is 0 Å². The van der Waals surface area contributed by atoms with Crippen LogP contribution in [0, 0.1) is 0 Å². The molecule has 32 heavy (non-hydrogen) atoms. The van der Waals surface area contributed by atoms with E-state index >= 15 is 0 Å². The molecule has 0 aromatic heterocycles. The summed E-state index contributed by atoms with van der Waals surface area (Å²) < 4.78 is 5.45. The van der Waals surface area contributed by atoms with Gasteiger partial charge in [-0.05, 0) is 23.3 Å². The van der Waals surface area contributed by atoms with E-state index in [2.05, 4.69) is 49.3 Å². The number of morpholine rings is 1.